The molecule has 128 valence electrons. The molecule has 0 unspecified atom stereocenters. The lowest BCUT2D eigenvalue weighted by atomic mass is 9.87. The Kier molecular flexibility index (Phi) is 5.87. The predicted molar refractivity (Wildman–Crippen MR) is 94.7 cm³/mol. The molecule has 1 amide bonds. The van der Waals surface area contributed by atoms with Gasteiger partial charge in [-0.15, -0.1) is 0 Å². The van der Waals surface area contributed by atoms with Crippen molar-refractivity contribution in [2.24, 2.45) is 0 Å². The molecule has 2 N–H and O–H groups in total. The van der Waals surface area contributed by atoms with Gasteiger partial charge in [-0.3, -0.25) is 4.79 Å². The first kappa shape index (κ1) is 17.9. The van der Waals surface area contributed by atoms with Crippen molar-refractivity contribution in [3.05, 3.63) is 47.8 Å². The van der Waals surface area contributed by atoms with Gasteiger partial charge in [0.1, 0.15) is 0 Å². The number of nitrogens with zero attached hydrogens (tertiary/aromatic N) is 2. The molecule has 1 aromatic heterocycles. The van der Waals surface area contributed by atoms with Gasteiger partial charge in [0.05, 0.1) is 12.2 Å². The topological polar surface area (TPSA) is 76.1 Å². The van der Waals surface area contributed by atoms with Crippen LogP contribution in [0.4, 0.5) is 11.6 Å². The summed E-state index contributed by atoms with van der Waals surface area (Å²) in [5.41, 5.74) is 2.70. The van der Waals surface area contributed by atoms with Crippen molar-refractivity contribution >= 4 is 17.5 Å². The van der Waals surface area contributed by atoms with E-state index in [0.29, 0.717) is 24.7 Å². The Morgan fingerprint density at radius 2 is 1.75 bits per heavy atom. The van der Waals surface area contributed by atoms with Crippen LogP contribution in [-0.2, 0) is 10.2 Å². The minimum atomic E-state index is -0.215. The average Bonchev–Trinajstić information content (AvgIpc) is 2.55. The third-order valence-corrected chi connectivity index (χ3v) is 3.51. The average molecular weight is 328 g/mol. The fourth-order valence-electron chi connectivity index (χ4n) is 2.06. The number of hydrogen-bond donors (Lipinski definition) is 2. The zero-order chi connectivity index (χ0) is 17.6. The highest BCUT2D eigenvalue weighted by molar-refractivity contribution is 5.93. The lowest BCUT2D eigenvalue weighted by Crippen LogP contribution is -2.27. The van der Waals surface area contributed by atoms with Crippen molar-refractivity contribution in [3.63, 3.8) is 0 Å². The van der Waals surface area contributed by atoms with Crippen LogP contribution in [0.25, 0.3) is 0 Å². The van der Waals surface area contributed by atoms with E-state index in [1.807, 2.05) is 12.1 Å². The molecule has 24 heavy (non-hydrogen) atoms. The summed E-state index contributed by atoms with van der Waals surface area (Å²) >= 11 is 0. The molecule has 0 saturated carbocycles. The summed E-state index contributed by atoms with van der Waals surface area (Å²) in [6.45, 7) is 7.45. The van der Waals surface area contributed by atoms with Crippen molar-refractivity contribution in [3.8, 4) is 0 Å². The SMILES string of the molecule is COCCNC(=O)c1cnc(Nc2ccc(C(C)(C)C)cc2)nc1. The normalized spacial score (nSPS) is 11.2. The number of anilines is 2. The largest absolute Gasteiger partial charge is 0.383 e. The molecule has 0 aliphatic rings. The Labute approximate surface area is 142 Å². The summed E-state index contributed by atoms with van der Waals surface area (Å²) in [5, 5.41) is 5.85. The molecule has 1 heterocycles. The van der Waals surface area contributed by atoms with Crippen LogP contribution in [0, 0.1) is 0 Å². The van der Waals surface area contributed by atoms with Crippen molar-refractivity contribution in [1.29, 1.82) is 0 Å². The van der Waals surface area contributed by atoms with Crippen LogP contribution in [0.1, 0.15) is 36.7 Å². The Morgan fingerprint density at radius 1 is 1.12 bits per heavy atom. The molecule has 6 nitrogen and oxygen atoms in total. The highest BCUT2D eigenvalue weighted by atomic mass is 16.5. The molecule has 6 heteroatoms. The Bertz CT molecular complexity index is 661. The summed E-state index contributed by atoms with van der Waals surface area (Å²) in [5.74, 6) is 0.236. The van der Waals surface area contributed by atoms with E-state index in [0.717, 1.165) is 5.69 Å². The molecule has 0 radical (unpaired) electrons. The molecule has 0 fully saturated rings. The number of rotatable bonds is 6. The Balaban J connectivity index is 1.97. The van der Waals surface area contributed by atoms with Crippen LogP contribution in [0.15, 0.2) is 36.7 Å². The van der Waals surface area contributed by atoms with E-state index < -0.39 is 0 Å². The summed E-state index contributed by atoms with van der Waals surface area (Å²) in [6.07, 6.45) is 3.00. The zero-order valence-electron chi connectivity index (χ0n) is 14.6. The first-order valence-corrected chi connectivity index (χ1v) is 7.87. The molecule has 1 aromatic carbocycles. The van der Waals surface area contributed by atoms with Gasteiger partial charge in [-0.05, 0) is 23.1 Å². The van der Waals surface area contributed by atoms with Crippen LogP contribution in [0.5, 0.6) is 0 Å². The third-order valence-electron chi connectivity index (χ3n) is 3.51. The molecule has 0 spiro atoms. The number of carbonyl (C=O) groups is 1. The van der Waals surface area contributed by atoms with Crippen molar-refractivity contribution in [2.75, 3.05) is 25.6 Å². The standard InChI is InChI=1S/C18H24N4O2/c1-18(2,3)14-5-7-15(8-6-14)22-17-20-11-13(12-21-17)16(23)19-9-10-24-4/h5-8,11-12H,9-10H2,1-4H3,(H,19,23)(H,20,21,22). The van der Waals surface area contributed by atoms with E-state index in [9.17, 15) is 4.79 Å². The fraction of sp³-hybridized carbons (Fsp3) is 0.389. The fourth-order valence-corrected chi connectivity index (χ4v) is 2.06. The minimum absolute atomic E-state index is 0.118. The lowest BCUT2D eigenvalue weighted by molar-refractivity contribution is 0.0936. The number of amides is 1. The quantitative estimate of drug-likeness (QED) is 0.798. The summed E-state index contributed by atoms with van der Waals surface area (Å²) in [4.78, 5) is 20.2. The van der Waals surface area contributed by atoms with Crippen LogP contribution < -0.4 is 10.6 Å². The van der Waals surface area contributed by atoms with Crippen LogP contribution in [0.2, 0.25) is 0 Å². The zero-order valence-corrected chi connectivity index (χ0v) is 14.6. The summed E-state index contributed by atoms with van der Waals surface area (Å²) in [7, 11) is 1.59. The van der Waals surface area contributed by atoms with E-state index in [-0.39, 0.29) is 11.3 Å². The van der Waals surface area contributed by atoms with Crippen molar-refractivity contribution < 1.29 is 9.53 Å². The number of methoxy groups -OCH3 is 1. The van der Waals surface area contributed by atoms with Gasteiger partial charge < -0.3 is 15.4 Å². The second-order valence-electron chi connectivity index (χ2n) is 6.50. The number of ether oxygens (including phenoxy) is 1. The molecule has 2 aromatic rings. The maximum Gasteiger partial charge on any atom is 0.254 e. The smallest absolute Gasteiger partial charge is 0.254 e. The van der Waals surface area contributed by atoms with Gasteiger partial charge in [0.2, 0.25) is 5.95 Å². The molecular weight excluding hydrogens is 304 g/mol. The predicted octanol–water partition coefficient (Wildman–Crippen LogP) is 2.89. The van der Waals surface area contributed by atoms with Gasteiger partial charge in [-0.2, -0.15) is 0 Å². The van der Waals surface area contributed by atoms with Gasteiger partial charge in [0.15, 0.2) is 0 Å². The highest BCUT2D eigenvalue weighted by Gasteiger charge is 2.13. The molecule has 0 bridgehead atoms. The molecule has 0 atom stereocenters. The monoisotopic (exact) mass is 328 g/mol. The molecule has 0 aliphatic heterocycles. The van der Waals surface area contributed by atoms with Crippen LogP contribution in [0.3, 0.4) is 0 Å². The number of hydrogen-bond acceptors (Lipinski definition) is 5. The maximum absolute atomic E-state index is 11.9. The van der Waals surface area contributed by atoms with Crippen molar-refractivity contribution in [1.82, 2.24) is 15.3 Å². The van der Waals surface area contributed by atoms with Crippen LogP contribution >= 0.6 is 0 Å². The summed E-state index contributed by atoms with van der Waals surface area (Å²) < 4.78 is 4.89. The number of nitrogens with one attached hydrogen (secondary N) is 2. The number of aromatic nitrogens is 2. The van der Waals surface area contributed by atoms with E-state index in [1.165, 1.54) is 18.0 Å². The Morgan fingerprint density at radius 3 is 2.29 bits per heavy atom. The van der Waals surface area contributed by atoms with Gasteiger partial charge in [-0.1, -0.05) is 32.9 Å². The Hall–Kier alpha value is -2.47. The van der Waals surface area contributed by atoms with Gasteiger partial charge in [0, 0.05) is 31.7 Å². The van der Waals surface area contributed by atoms with Gasteiger partial charge in [-0.25, -0.2) is 9.97 Å². The molecule has 0 aliphatic carbocycles. The number of carbonyl (C=O) groups excluding carboxylic acids is 1. The number of benzene rings is 1. The van der Waals surface area contributed by atoms with Gasteiger partial charge >= 0.3 is 0 Å². The molecular formula is C18H24N4O2. The highest BCUT2D eigenvalue weighted by Crippen LogP contribution is 2.24. The second-order valence-corrected chi connectivity index (χ2v) is 6.50. The van der Waals surface area contributed by atoms with E-state index >= 15 is 0 Å². The van der Waals surface area contributed by atoms with Gasteiger partial charge in [0.25, 0.3) is 5.91 Å². The molecule has 0 saturated heterocycles. The van der Waals surface area contributed by atoms with Crippen LogP contribution in [-0.4, -0.2) is 36.1 Å². The second kappa shape index (κ2) is 7.88. The van der Waals surface area contributed by atoms with E-state index in [4.69, 9.17) is 4.74 Å². The first-order valence-electron chi connectivity index (χ1n) is 7.87. The molecule has 2 rings (SSSR count). The minimum Gasteiger partial charge on any atom is -0.383 e. The maximum atomic E-state index is 11.9. The van der Waals surface area contributed by atoms with Crippen molar-refractivity contribution in [2.45, 2.75) is 26.2 Å². The van der Waals surface area contributed by atoms with E-state index in [1.54, 1.807) is 7.11 Å². The van der Waals surface area contributed by atoms with E-state index in [2.05, 4.69) is 53.5 Å². The third kappa shape index (κ3) is 5.03. The summed E-state index contributed by atoms with van der Waals surface area (Å²) in [6, 6.07) is 8.16. The first-order chi connectivity index (χ1) is 11.4. The lowest BCUT2D eigenvalue weighted by Gasteiger charge is -2.19.